The zero-order valence-electron chi connectivity index (χ0n) is 15.8. The van der Waals surface area contributed by atoms with Crippen LogP contribution >= 0.6 is 0 Å². The Bertz CT molecular complexity index is 999. The minimum absolute atomic E-state index is 0.00410. The number of ether oxygens (including phenoxy) is 2. The fourth-order valence-corrected chi connectivity index (χ4v) is 2.63. The minimum Gasteiger partial charge on any atom is -0.486 e. The molecule has 0 fully saturated rings. The number of nitrogens with zero attached hydrogens (tertiary/aromatic N) is 1. The molecule has 3 aromatic rings. The summed E-state index contributed by atoms with van der Waals surface area (Å²) in [6, 6.07) is 14.0. The third kappa shape index (κ3) is 5.76. The van der Waals surface area contributed by atoms with E-state index in [1.54, 1.807) is 12.1 Å². The Hall–Kier alpha value is -3.49. The maximum atomic E-state index is 12.9. The molecule has 0 N–H and O–H groups in total. The predicted octanol–water partition coefficient (Wildman–Crippen LogP) is 5.17. The van der Waals surface area contributed by atoms with Gasteiger partial charge < -0.3 is 18.8 Å². The van der Waals surface area contributed by atoms with Crippen molar-refractivity contribution in [3.05, 3.63) is 83.6 Å². The van der Waals surface area contributed by atoms with Gasteiger partial charge >= 0.3 is 6.36 Å². The molecule has 0 bridgehead atoms. The molecule has 0 spiro atoms. The average molecular weight is 423 g/mol. The van der Waals surface area contributed by atoms with Gasteiger partial charge in [-0.05, 0) is 42.5 Å². The van der Waals surface area contributed by atoms with Crippen molar-refractivity contribution < 1.29 is 36.2 Å². The molecule has 2 aromatic carbocycles. The Kier molecular flexibility index (Phi) is 6.29. The van der Waals surface area contributed by atoms with E-state index < -0.39 is 18.1 Å². The molecule has 1 heterocycles. The first-order chi connectivity index (χ1) is 14.2. The van der Waals surface area contributed by atoms with Crippen LogP contribution in [0.3, 0.4) is 0 Å². The minimum atomic E-state index is -4.83. The van der Waals surface area contributed by atoms with E-state index in [2.05, 4.69) is 4.74 Å². The van der Waals surface area contributed by atoms with Gasteiger partial charge in [-0.3, -0.25) is 4.79 Å². The lowest BCUT2D eigenvalue weighted by Gasteiger charge is -2.19. The van der Waals surface area contributed by atoms with E-state index in [0.29, 0.717) is 11.5 Å². The predicted molar refractivity (Wildman–Crippen MR) is 98.4 cm³/mol. The number of rotatable bonds is 7. The van der Waals surface area contributed by atoms with Crippen LogP contribution in [0.2, 0.25) is 0 Å². The molecule has 0 saturated carbocycles. The Labute approximate surface area is 169 Å². The van der Waals surface area contributed by atoms with Crippen LogP contribution < -0.4 is 9.47 Å². The normalized spacial score (nSPS) is 11.2. The van der Waals surface area contributed by atoms with Crippen molar-refractivity contribution in [2.75, 3.05) is 7.05 Å². The first kappa shape index (κ1) is 21.2. The number of carbonyl (C=O) groups is 1. The number of alkyl halides is 3. The van der Waals surface area contributed by atoms with Crippen molar-refractivity contribution in [2.45, 2.75) is 19.5 Å². The van der Waals surface area contributed by atoms with Gasteiger partial charge in [-0.25, -0.2) is 4.39 Å². The molecule has 0 unspecified atom stereocenters. The Morgan fingerprint density at radius 2 is 1.73 bits per heavy atom. The number of benzene rings is 2. The molecule has 5 nitrogen and oxygen atoms in total. The van der Waals surface area contributed by atoms with Gasteiger partial charge in [-0.2, -0.15) is 0 Å². The quantitative estimate of drug-likeness (QED) is 0.492. The Balaban J connectivity index is 1.62. The van der Waals surface area contributed by atoms with Crippen molar-refractivity contribution >= 4 is 5.91 Å². The number of halogens is 4. The fraction of sp³-hybridized carbons (Fsp3) is 0.190. The lowest BCUT2D eigenvalue weighted by Crippen LogP contribution is -2.26. The van der Waals surface area contributed by atoms with E-state index in [1.165, 1.54) is 60.5 Å². The molecule has 3 rings (SSSR count). The summed E-state index contributed by atoms with van der Waals surface area (Å²) in [4.78, 5) is 13.8. The van der Waals surface area contributed by atoms with Gasteiger partial charge in [0.1, 0.15) is 29.7 Å². The van der Waals surface area contributed by atoms with Crippen LogP contribution in [0.1, 0.15) is 21.9 Å². The fourth-order valence-electron chi connectivity index (χ4n) is 2.63. The summed E-state index contributed by atoms with van der Waals surface area (Å²) in [6.07, 6.45) is -4.83. The second-order valence-corrected chi connectivity index (χ2v) is 6.33. The van der Waals surface area contributed by atoms with Gasteiger partial charge in [0.2, 0.25) is 0 Å². The van der Waals surface area contributed by atoms with Crippen molar-refractivity contribution in [1.29, 1.82) is 0 Å². The molecule has 0 atom stereocenters. The molecule has 0 aliphatic rings. The lowest BCUT2D eigenvalue weighted by molar-refractivity contribution is -0.275. The summed E-state index contributed by atoms with van der Waals surface area (Å²) in [7, 11) is 1.43. The van der Waals surface area contributed by atoms with Gasteiger partial charge in [0.15, 0.2) is 5.76 Å². The summed E-state index contributed by atoms with van der Waals surface area (Å²) in [5.41, 5.74) is 0.192. The molecular formula is C21H17F4NO4. The van der Waals surface area contributed by atoms with E-state index in [1.807, 2.05) is 0 Å². The monoisotopic (exact) mass is 423 g/mol. The molecule has 0 saturated heterocycles. The van der Waals surface area contributed by atoms with Crippen LogP contribution in [0, 0.1) is 5.82 Å². The van der Waals surface area contributed by atoms with Crippen molar-refractivity contribution in [3.63, 3.8) is 0 Å². The maximum absolute atomic E-state index is 12.9. The highest BCUT2D eigenvalue weighted by Crippen LogP contribution is 2.27. The number of carbonyl (C=O) groups excluding carboxylic acids is 1. The summed E-state index contributed by atoms with van der Waals surface area (Å²) >= 11 is 0. The van der Waals surface area contributed by atoms with Crippen molar-refractivity contribution in [3.8, 4) is 11.5 Å². The first-order valence-corrected chi connectivity index (χ1v) is 8.77. The molecule has 30 heavy (non-hydrogen) atoms. The van der Waals surface area contributed by atoms with E-state index >= 15 is 0 Å². The van der Waals surface area contributed by atoms with Crippen LogP contribution in [-0.2, 0) is 13.2 Å². The standard InChI is InChI=1S/C21H17F4NO4/c1-26(12-14-4-2-3-5-18(14)30-21(23,24)25)20(27)19-11-10-17(29-19)13-28-16-8-6-15(22)7-9-16/h2-11H,12-13H2,1H3. The number of hydrogen-bond donors (Lipinski definition) is 0. The highest BCUT2D eigenvalue weighted by Gasteiger charge is 2.32. The van der Waals surface area contributed by atoms with Gasteiger partial charge in [-0.15, -0.1) is 13.2 Å². The van der Waals surface area contributed by atoms with E-state index in [4.69, 9.17) is 9.15 Å². The molecule has 0 aliphatic heterocycles. The lowest BCUT2D eigenvalue weighted by atomic mass is 10.2. The molecule has 1 amide bonds. The highest BCUT2D eigenvalue weighted by atomic mass is 19.4. The zero-order chi connectivity index (χ0) is 21.7. The Morgan fingerprint density at radius 1 is 1.03 bits per heavy atom. The molecule has 1 aromatic heterocycles. The topological polar surface area (TPSA) is 51.9 Å². The van der Waals surface area contributed by atoms with Crippen LogP contribution in [0.4, 0.5) is 17.6 Å². The van der Waals surface area contributed by atoms with Crippen molar-refractivity contribution in [1.82, 2.24) is 4.90 Å². The largest absolute Gasteiger partial charge is 0.573 e. The summed E-state index contributed by atoms with van der Waals surface area (Å²) in [6.45, 7) is -0.0991. The molecule has 0 radical (unpaired) electrons. The molecule has 158 valence electrons. The number of para-hydroxylation sites is 1. The van der Waals surface area contributed by atoms with Gasteiger partial charge in [0, 0.05) is 19.2 Å². The van der Waals surface area contributed by atoms with Crippen molar-refractivity contribution in [2.24, 2.45) is 0 Å². The maximum Gasteiger partial charge on any atom is 0.573 e. The second-order valence-electron chi connectivity index (χ2n) is 6.33. The summed E-state index contributed by atoms with van der Waals surface area (Å²) in [5.74, 6) is -0.499. The Morgan fingerprint density at radius 3 is 2.43 bits per heavy atom. The van der Waals surface area contributed by atoms with Crippen LogP contribution in [0.25, 0.3) is 0 Å². The number of amides is 1. The highest BCUT2D eigenvalue weighted by molar-refractivity contribution is 5.91. The van der Waals surface area contributed by atoms with Gasteiger partial charge in [0.05, 0.1) is 0 Å². The zero-order valence-corrected chi connectivity index (χ0v) is 15.8. The summed E-state index contributed by atoms with van der Waals surface area (Å²) < 4.78 is 65.5. The molecule has 0 aliphatic carbocycles. The summed E-state index contributed by atoms with van der Waals surface area (Å²) in [5, 5.41) is 0. The van der Waals surface area contributed by atoms with E-state index in [-0.39, 0.29) is 30.2 Å². The second kappa shape index (κ2) is 8.89. The molecule has 9 heteroatoms. The third-order valence-electron chi connectivity index (χ3n) is 4.02. The average Bonchev–Trinajstić information content (AvgIpc) is 3.16. The van der Waals surface area contributed by atoms with Crippen LogP contribution in [0.5, 0.6) is 11.5 Å². The van der Waals surface area contributed by atoms with Gasteiger partial charge in [-0.1, -0.05) is 18.2 Å². The molecular weight excluding hydrogens is 406 g/mol. The third-order valence-corrected chi connectivity index (χ3v) is 4.02. The van der Waals surface area contributed by atoms with E-state index in [0.717, 1.165) is 0 Å². The number of furan rings is 1. The van der Waals surface area contributed by atoms with Gasteiger partial charge in [0.25, 0.3) is 5.91 Å². The SMILES string of the molecule is CN(Cc1ccccc1OC(F)(F)F)C(=O)c1ccc(COc2ccc(F)cc2)o1. The van der Waals surface area contributed by atoms with E-state index in [9.17, 15) is 22.4 Å². The smallest absolute Gasteiger partial charge is 0.486 e. The van der Waals surface area contributed by atoms with Crippen LogP contribution in [0.15, 0.2) is 65.1 Å². The van der Waals surface area contributed by atoms with Crippen LogP contribution in [-0.4, -0.2) is 24.2 Å². The number of hydrogen-bond acceptors (Lipinski definition) is 4. The first-order valence-electron chi connectivity index (χ1n) is 8.77.